The predicted molar refractivity (Wildman–Crippen MR) is 87.8 cm³/mol. The minimum Gasteiger partial charge on any atom is -1.00 e. The van der Waals surface area contributed by atoms with Crippen molar-refractivity contribution in [2.45, 2.75) is 13.0 Å². The Kier molecular flexibility index (Phi) is 11.8. The van der Waals surface area contributed by atoms with Crippen molar-refractivity contribution in [3.05, 3.63) is 29.8 Å². The Morgan fingerprint density at radius 2 is 1.68 bits per heavy atom. The second-order valence-electron chi connectivity index (χ2n) is 5.72. The van der Waals surface area contributed by atoms with Crippen LogP contribution in [0.3, 0.4) is 0 Å². The summed E-state index contributed by atoms with van der Waals surface area (Å²) in [5.74, 6) is 0.260. The zero-order valence-electron chi connectivity index (χ0n) is 14.7. The Morgan fingerprint density at radius 3 is 2.20 bits per heavy atom. The Labute approximate surface area is 161 Å². The molecule has 1 saturated heterocycles. The van der Waals surface area contributed by atoms with Gasteiger partial charge in [0.05, 0.1) is 12.7 Å². The molecule has 144 valence electrons. The highest BCUT2D eigenvalue weighted by atomic mass is 35.5. The van der Waals surface area contributed by atoms with Crippen LogP contribution in [-0.4, -0.2) is 80.0 Å². The normalized spacial score (nSPS) is 16.3. The van der Waals surface area contributed by atoms with Gasteiger partial charge >= 0.3 is 5.97 Å². The molecule has 0 saturated carbocycles. The molecule has 1 atom stereocenters. The Morgan fingerprint density at radius 1 is 1.12 bits per heavy atom. The third-order valence-electron chi connectivity index (χ3n) is 4.10. The van der Waals surface area contributed by atoms with E-state index >= 15 is 0 Å². The molecule has 0 bridgehead atoms. The molecule has 25 heavy (non-hydrogen) atoms. The zero-order valence-corrected chi connectivity index (χ0v) is 16.2. The van der Waals surface area contributed by atoms with Crippen LogP contribution in [0.1, 0.15) is 17.3 Å². The van der Waals surface area contributed by atoms with Crippen molar-refractivity contribution in [3.63, 3.8) is 0 Å². The second kappa shape index (κ2) is 12.3. The first-order valence-electron chi connectivity index (χ1n) is 8.06. The molecule has 1 aliphatic heterocycles. The van der Waals surface area contributed by atoms with Crippen molar-refractivity contribution in [2.75, 3.05) is 53.0 Å². The molecule has 1 N–H and O–H groups in total. The number of nitrogens with zero attached hydrogens (tertiary/aromatic N) is 2. The van der Waals surface area contributed by atoms with E-state index in [0.29, 0.717) is 17.9 Å². The monoisotopic (exact) mass is 392 g/mol. The van der Waals surface area contributed by atoms with Gasteiger partial charge in [0.1, 0.15) is 18.5 Å². The van der Waals surface area contributed by atoms with Crippen LogP contribution < -0.4 is 29.6 Å². The van der Waals surface area contributed by atoms with E-state index in [2.05, 4.69) is 21.5 Å². The van der Waals surface area contributed by atoms with Gasteiger partial charge in [-0.1, -0.05) is 6.92 Å². The lowest BCUT2D eigenvalue weighted by atomic mass is 10.2. The van der Waals surface area contributed by atoms with Crippen LogP contribution in [0.2, 0.25) is 0 Å². The van der Waals surface area contributed by atoms with Gasteiger partial charge in [-0.05, 0) is 30.8 Å². The molecule has 0 spiro atoms. The van der Waals surface area contributed by atoms with Gasteiger partial charge in [-0.3, -0.25) is 4.90 Å². The molecule has 0 aliphatic carbocycles. The maximum Gasteiger partial charge on any atom is 0.337 e. The number of likely N-dealkylation sites (N-methyl/N-ethyl adjacent to an activating group) is 1. The van der Waals surface area contributed by atoms with Gasteiger partial charge in [0.25, 0.3) is 0 Å². The number of aliphatic hydroxyl groups excluding tert-OH is 1. The van der Waals surface area contributed by atoms with Crippen LogP contribution in [0.15, 0.2) is 24.3 Å². The summed E-state index contributed by atoms with van der Waals surface area (Å²) in [7, 11) is 1.35. The molecule has 0 radical (unpaired) electrons. The maximum atomic E-state index is 11.3. The van der Waals surface area contributed by atoms with E-state index in [1.807, 2.05) is 0 Å². The average Bonchev–Trinajstić information content (AvgIpc) is 2.60. The first-order valence-corrected chi connectivity index (χ1v) is 8.06. The number of hydrogen-bond acceptors (Lipinski definition) is 6. The number of esters is 1. The quantitative estimate of drug-likeness (QED) is 0.468. The van der Waals surface area contributed by atoms with Crippen LogP contribution >= 0.6 is 0 Å². The van der Waals surface area contributed by atoms with Crippen LogP contribution in [0, 0.1) is 0 Å². The minimum atomic E-state index is -0.525. The van der Waals surface area contributed by atoms with Crippen LogP contribution in [-0.2, 0) is 4.74 Å². The van der Waals surface area contributed by atoms with Crippen LogP contribution in [0.5, 0.6) is 5.75 Å². The third-order valence-corrected chi connectivity index (χ3v) is 4.10. The number of hydrogen-bond donors (Lipinski definition) is 1. The van der Waals surface area contributed by atoms with Crippen molar-refractivity contribution >= 4 is 5.97 Å². The fraction of sp³-hybridized carbons (Fsp3) is 0.588. The number of aliphatic hydroxyl groups is 1. The summed E-state index contributed by atoms with van der Waals surface area (Å²) < 4.78 is 10.2. The van der Waals surface area contributed by atoms with Crippen LogP contribution in [0.25, 0.3) is 0 Å². The van der Waals surface area contributed by atoms with Gasteiger partial charge < -0.3 is 44.3 Å². The summed E-state index contributed by atoms with van der Waals surface area (Å²) in [6.45, 7) is 8.20. The van der Waals surface area contributed by atoms with Gasteiger partial charge in [-0.25, -0.2) is 4.79 Å². The minimum absolute atomic E-state index is 0. The van der Waals surface area contributed by atoms with Crippen LogP contribution in [0.4, 0.5) is 0 Å². The van der Waals surface area contributed by atoms with Gasteiger partial charge in [-0.15, -0.1) is 0 Å². The standard InChI is InChI=1S/C17H26N2O4.2ClH/c1-3-18-8-10-19(11-9-18)12-15(20)13-23-16-6-4-14(5-7-16)17(21)22-2;;/h4-7,15,20H,3,8-13H2,1-2H3;2*1H/p-2. The maximum absolute atomic E-state index is 11.3. The molecule has 0 aromatic heterocycles. The van der Waals surface area contributed by atoms with E-state index in [-0.39, 0.29) is 37.4 Å². The number of β-amino-alcohol motifs (C(OH)–C–C–N with tert-alkyl or cyclic N) is 1. The lowest BCUT2D eigenvalue weighted by molar-refractivity contribution is -0.001000. The van der Waals surface area contributed by atoms with E-state index in [4.69, 9.17) is 4.74 Å². The molecule has 0 amide bonds. The SMILES string of the molecule is CCN1CCN(CC(O)COc2ccc(C(=O)OC)cc2)CC1.[Cl-].[Cl-]. The van der Waals surface area contributed by atoms with Crippen molar-refractivity contribution in [1.82, 2.24) is 9.80 Å². The fourth-order valence-electron chi connectivity index (χ4n) is 2.64. The van der Waals surface area contributed by atoms with Crippen molar-refractivity contribution in [2.24, 2.45) is 0 Å². The van der Waals surface area contributed by atoms with E-state index in [1.165, 1.54) is 7.11 Å². The number of methoxy groups -OCH3 is 1. The first kappa shape index (κ1) is 23.9. The Hall–Kier alpha value is -1.05. The number of benzene rings is 1. The first-order chi connectivity index (χ1) is 11.1. The van der Waals surface area contributed by atoms with Crippen molar-refractivity contribution < 1.29 is 44.2 Å². The number of carbonyl (C=O) groups is 1. The molecule has 6 nitrogen and oxygen atoms in total. The molecule has 1 aromatic carbocycles. The van der Waals surface area contributed by atoms with E-state index in [0.717, 1.165) is 32.7 Å². The van der Waals surface area contributed by atoms with E-state index < -0.39 is 6.10 Å². The Bertz CT molecular complexity index is 494. The molecule has 1 unspecified atom stereocenters. The highest BCUT2D eigenvalue weighted by molar-refractivity contribution is 5.89. The number of halogens is 2. The molecule has 1 aromatic rings. The predicted octanol–water partition coefficient (Wildman–Crippen LogP) is -5.14. The molecule has 8 heteroatoms. The van der Waals surface area contributed by atoms with E-state index in [9.17, 15) is 9.90 Å². The highest BCUT2D eigenvalue weighted by Gasteiger charge is 2.18. The highest BCUT2D eigenvalue weighted by Crippen LogP contribution is 2.13. The van der Waals surface area contributed by atoms with Gasteiger partial charge in [0, 0.05) is 32.7 Å². The number of carbonyl (C=O) groups excluding carboxylic acids is 1. The van der Waals surface area contributed by atoms with Gasteiger partial charge in [-0.2, -0.15) is 0 Å². The summed E-state index contributed by atoms with van der Waals surface area (Å²) in [6, 6.07) is 6.72. The number of rotatable bonds is 7. The Balaban J connectivity index is 0.00000288. The topological polar surface area (TPSA) is 62.2 Å². The summed E-state index contributed by atoms with van der Waals surface area (Å²) in [6.07, 6.45) is -0.525. The largest absolute Gasteiger partial charge is 1.00 e. The summed E-state index contributed by atoms with van der Waals surface area (Å²) >= 11 is 0. The fourth-order valence-corrected chi connectivity index (χ4v) is 2.64. The molecular weight excluding hydrogens is 367 g/mol. The summed E-state index contributed by atoms with van der Waals surface area (Å²) in [5.41, 5.74) is 0.481. The van der Waals surface area contributed by atoms with Crippen molar-refractivity contribution in [1.29, 1.82) is 0 Å². The third kappa shape index (κ3) is 7.79. The lowest BCUT2D eigenvalue weighted by Crippen LogP contribution is -3.00. The van der Waals surface area contributed by atoms with Gasteiger partial charge in [0.15, 0.2) is 0 Å². The summed E-state index contributed by atoms with van der Waals surface area (Å²) in [5, 5.41) is 10.1. The smallest absolute Gasteiger partial charge is 0.337 e. The number of piperazine rings is 1. The lowest BCUT2D eigenvalue weighted by Gasteiger charge is -2.34. The molecule has 1 heterocycles. The molecule has 1 aliphatic rings. The van der Waals surface area contributed by atoms with Gasteiger partial charge in [0.2, 0.25) is 0 Å². The number of ether oxygens (including phenoxy) is 2. The van der Waals surface area contributed by atoms with Crippen molar-refractivity contribution in [3.8, 4) is 5.75 Å². The average molecular weight is 393 g/mol. The summed E-state index contributed by atoms with van der Waals surface area (Å²) in [4.78, 5) is 16.0. The molecular formula is C17H26Cl2N2O4-2. The van der Waals surface area contributed by atoms with E-state index in [1.54, 1.807) is 24.3 Å². The molecule has 2 rings (SSSR count). The molecule has 1 fully saturated rings. The second-order valence-corrected chi connectivity index (χ2v) is 5.72. The zero-order chi connectivity index (χ0) is 16.7.